The molecular weight excluding hydrogens is 868 g/mol. The molecule has 0 saturated carbocycles. The summed E-state index contributed by atoms with van der Waals surface area (Å²) in [6, 6.07) is 0. The van der Waals surface area contributed by atoms with Gasteiger partial charge < -0.3 is 0 Å². The van der Waals surface area contributed by atoms with Crippen molar-refractivity contribution in [2.75, 3.05) is 0 Å². The van der Waals surface area contributed by atoms with E-state index in [1.54, 1.807) is 0 Å². The predicted octanol–water partition coefficient (Wildman–Crippen LogP) is -51.3. The van der Waals surface area contributed by atoms with Crippen molar-refractivity contribution in [2.24, 2.45) is 4.81 Å². The van der Waals surface area contributed by atoms with Gasteiger partial charge in [0.2, 0.25) is 0 Å². The monoisotopic (exact) mass is 964 g/mol. The van der Waals surface area contributed by atoms with E-state index in [-0.39, 0.29) is 6.63 Å². The summed E-state index contributed by atoms with van der Waals surface area (Å²) in [7, 11) is 105. The molecule has 0 bridgehead atoms. The third-order valence-electron chi connectivity index (χ3n) is 22.8. The first-order valence-corrected chi connectivity index (χ1v) is 35.9. The van der Waals surface area contributed by atoms with Crippen LogP contribution in [0, 0.1) is 0 Å². The molecule has 0 amide bonds. The molecule has 322 valence electrons. The van der Waals surface area contributed by atoms with Crippen LogP contribution in [0.25, 0.3) is 0 Å². The quantitative estimate of drug-likeness (QED) is 0.0547. The van der Waals surface area contributed by atoms with Crippen LogP contribution in [0.2, 0.25) is 0 Å². The van der Waals surface area contributed by atoms with Gasteiger partial charge in [0.15, 0.2) is 0 Å². The van der Waals surface area contributed by atoms with Crippen LogP contribution in [0.5, 0.6) is 0 Å². The molecule has 0 aromatic heterocycles. The third kappa shape index (κ3) is 23.5. The van der Waals surface area contributed by atoms with Gasteiger partial charge in [-0.3, -0.25) is 0 Å². The Balaban J connectivity index is 11.7. The number of nitrogens with zero attached hydrogens (tertiary/aromatic N) is 1. The summed E-state index contributed by atoms with van der Waals surface area (Å²) in [6.45, 7) is 3.13. The standard InChI is InChI=1S/B79H80N/c1-42(2)63(43(3)4)73(64(44(5)6)45(7)8)62(74(65(46(9)10)47(11)12)66(48(13)14)49(15)16)41-80-79(77(71(58(33)34)59(35)36)72(60(37)38)61(39)40)78(75(67(50(17)18)51(19)20)68(52(21)22)53(23)24)76(69(54(25)26)55(27)28)70(56(29)30)57(31)32/h1-40H2. The zero-order valence-corrected chi connectivity index (χ0v) is 63.0. The molecule has 0 radical (unpaired) electrons. The second-order valence-corrected chi connectivity index (χ2v) is 35.5. The fourth-order valence-corrected chi connectivity index (χ4v) is 22.2. The molecule has 0 spiro atoms. The molecule has 0 unspecified atom stereocenters. The van der Waals surface area contributed by atoms with Crippen molar-refractivity contribution in [3.05, 3.63) is 0 Å². The Morgan fingerprint density at radius 3 is 0.388 bits per heavy atom. The molecule has 0 aliphatic rings. The number of hydrogen-bond acceptors (Lipinski definition) is 1. The molecule has 0 atom stereocenters. The Morgan fingerprint density at radius 2 is 0.250 bits per heavy atom. The van der Waals surface area contributed by atoms with Gasteiger partial charge in [0.25, 0.3) is 0 Å². The van der Waals surface area contributed by atoms with Gasteiger partial charge >= 0.3 is 564 Å². The molecule has 80 heavy (non-hydrogen) atoms. The molecule has 0 aliphatic carbocycles. The summed E-state index contributed by atoms with van der Waals surface area (Å²) in [5.41, 5.74) is 0. The van der Waals surface area contributed by atoms with Gasteiger partial charge in [0, 0.05) is 0 Å². The first-order valence-electron chi connectivity index (χ1n) is 35.9. The van der Waals surface area contributed by atoms with Crippen molar-refractivity contribution >= 4 is 559 Å². The fourth-order valence-electron chi connectivity index (χ4n) is 22.2. The summed E-state index contributed by atoms with van der Waals surface area (Å²) in [4.78, 5) is 7.26. The molecule has 1 nitrogen and oxygen atoms in total. The molecule has 0 rings (SSSR count). The van der Waals surface area contributed by atoms with Crippen LogP contribution >= 0.6 is 0 Å². The molecule has 0 heterocycles. The van der Waals surface area contributed by atoms with E-state index in [1.807, 2.05) is 0 Å². The van der Waals surface area contributed by atoms with Crippen molar-refractivity contribution in [1.82, 2.24) is 0 Å². The normalized spacial score (nSPS) is 9.85. The molecule has 80 heteroatoms. The SMILES string of the molecule is BB(B)B(B(B)B)B(B(/B=N/B(B(B(B(B)B)B(B)B)B(B(B)B)B(B)B)B(B(B(B(B)B)B(B)B)B(B(B)B)B(B)B)B(B(B(B)B)B(B)B)B(B(B)B)B(B)B)B(B(B(B)B)B(B)B)B(B(B)B)B(B)B)B(B(B)B)B(B)B. The van der Waals surface area contributed by atoms with Gasteiger partial charge in [-0.1, -0.05) is 0 Å². The van der Waals surface area contributed by atoms with Gasteiger partial charge in [-0.2, -0.15) is 0 Å². The van der Waals surface area contributed by atoms with Gasteiger partial charge in [-0.15, -0.1) is 0 Å². The van der Waals surface area contributed by atoms with Crippen LogP contribution in [0.15, 0.2) is 4.81 Å². The summed E-state index contributed by atoms with van der Waals surface area (Å²) in [5.74, 6) is 0. The zero-order chi connectivity index (χ0) is 63.4. The maximum absolute atomic E-state index is 7.26. The summed E-state index contributed by atoms with van der Waals surface area (Å²) >= 11 is 0. The van der Waals surface area contributed by atoms with E-state index in [1.165, 1.54) is 0 Å². The van der Waals surface area contributed by atoms with Gasteiger partial charge in [-0.25, -0.2) is 0 Å². The Labute approximate surface area is 558 Å². The van der Waals surface area contributed by atoms with Gasteiger partial charge in [-0.05, 0) is 0 Å². The molecule has 0 fully saturated rings. The molecular formula is H80B79N. The van der Waals surface area contributed by atoms with Crippen LogP contribution in [0.4, 0.5) is 0 Å². The topological polar surface area (TPSA) is 12.4 Å². The van der Waals surface area contributed by atoms with Gasteiger partial charge in [0.05, 0.1) is 0 Å². The molecule has 0 aliphatic heterocycles. The summed E-state index contributed by atoms with van der Waals surface area (Å²) in [5, 5.41) is 0. The minimum atomic E-state index is 0.166. The van der Waals surface area contributed by atoms with Crippen LogP contribution in [0.1, 0.15) is 0 Å². The third-order valence-corrected chi connectivity index (χ3v) is 22.8. The Morgan fingerprint density at radius 1 is 0.138 bits per heavy atom. The molecule has 0 aromatic rings. The van der Waals surface area contributed by atoms with E-state index in [2.05, 4.69) is 316 Å². The Kier molecular flexibility index (Phi) is 41.9. The molecule has 0 aromatic carbocycles. The molecule has 0 N–H and O–H groups in total. The van der Waals surface area contributed by atoms with E-state index in [9.17, 15) is 0 Å². The van der Waals surface area contributed by atoms with Crippen LogP contribution in [0.3, 0.4) is 0 Å². The second-order valence-electron chi connectivity index (χ2n) is 35.5. The zero-order valence-electron chi connectivity index (χ0n) is 63.0. The Bertz CT molecular complexity index is 1340. The van der Waals surface area contributed by atoms with E-state index < -0.39 is 0 Å². The summed E-state index contributed by atoms with van der Waals surface area (Å²) < 4.78 is 0. The first kappa shape index (κ1) is 84.9. The van der Waals surface area contributed by atoms with Crippen molar-refractivity contribution in [2.45, 2.75) is 0 Å². The number of rotatable bonds is 38. The summed E-state index contributed by atoms with van der Waals surface area (Å²) in [6.07, 6.45) is 19.9. The van der Waals surface area contributed by atoms with E-state index in [4.69, 9.17) is 4.81 Å². The van der Waals surface area contributed by atoms with E-state index in [0.29, 0.717) is 236 Å². The predicted molar refractivity (Wildman–Crippen MR) is 569 cm³/mol. The van der Waals surface area contributed by atoms with E-state index in [0.717, 1.165) is 0 Å². The average Bonchev–Trinajstić information content (AvgIpc) is 3.22. The second kappa shape index (κ2) is 39.5. The van der Waals surface area contributed by atoms with Crippen molar-refractivity contribution in [3.63, 3.8) is 0 Å². The average molecular weight is 949 g/mol. The number of hydrogen-bond donors (Lipinski definition) is 0. The minimum absolute atomic E-state index is 0.166. The van der Waals surface area contributed by atoms with E-state index >= 15 is 0 Å². The maximum atomic E-state index is 7.26. The van der Waals surface area contributed by atoms with Crippen LogP contribution < -0.4 is 0 Å². The first-order chi connectivity index (χ1) is 36.4. The fraction of sp³-hybridized carbons (Fsp3) is 0. The van der Waals surface area contributed by atoms with Crippen LogP contribution in [-0.4, -0.2) is 559 Å². The van der Waals surface area contributed by atoms with Crippen molar-refractivity contribution in [1.29, 1.82) is 0 Å². The van der Waals surface area contributed by atoms with Crippen LogP contribution in [-0.2, 0) is 0 Å². The van der Waals surface area contributed by atoms with Gasteiger partial charge in [0.1, 0.15) is 0 Å². The Hall–Kier alpha value is 4.93. The van der Waals surface area contributed by atoms with Crippen molar-refractivity contribution in [3.8, 4) is 0 Å². The molecule has 0 saturated heterocycles. The van der Waals surface area contributed by atoms with Crippen molar-refractivity contribution < 1.29 is 0 Å².